The second-order valence-corrected chi connectivity index (χ2v) is 8.11. The summed E-state index contributed by atoms with van der Waals surface area (Å²) in [5.74, 6) is 0.249. The Labute approximate surface area is 165 Å². The highest BCUT2D eigenvalue weighted by Crippen LogP contribution is 2.13. The minimum atomic E-state index is 0.249. The predicted molar refractivity (Wildman–Crippen MR) is 117 cm³/mol. The molecule has 0 bridgehead atoms. The first-order valence-electron chi connectivity index (χ1n) is 12.1. The number of amides is 1. The van der Waals surface area contributed by atoms with Crippen LogP contribution in [-0.2, 0) is 4.79 Å². The van der Waals surface area contributed by atoms with Crippen LogP contribution in [0.25, 0.3) is 0 Å². The normalized spacial score (nSPS) is 11.0. The summed E-state index contributed by atoms with van der Waals surface area (Å²) in [7, 11) is 0. The monoisotopic (exact) mass is 367 g/mol. The molecule has 0 spiro atoms. The lowest BCUT2D eigenvalue weighted by molar-refractivity contribution is -0.121. The summed E-state index contributed by atoms with van der Waals surface area (Å²) < 4.78 is 0. The number of carbonyl (C=O) groups excluding carboxylic acids is 1. The third-order valence-corrected chi connectivity index (χ3v) is 5.36. The van der Waals surface area contributed by atoms with Gasteiger partial charge in [0, 0.05) is 13.0 Å². The summed E-state index contributed by atoms with van der Waals surface area (Å²) >= 11 is 0. The highest BCUT2D eigenvalue weighted by Gasteiger charge is 1.99. The largest absolute Gasteiger partial charge is 0.356 e. The Morgan fingerprint density at radius 1 is 0.500 bits per heavy atom. The highest BCUT2D eigenvalue weighted by molar-refractivity contribution is 5.75. The van der Waals surface area contributed by atoms with E-state index in [0.29, 0.717) is 6.42 Å². The molecule has 2 nitrogen and oxygen atoms in total. The van der Waals surface area contributed by atoms with Gasteiger partial charge in [0.2, 0.25) is 5.91 Å². The summed E-state index contributed by atoms with van der Waals surface area (Å²) in [6, 6.07) is 0. The molecule has 1 N–H and O–H groups in total. The fourth-order valence-electron chi connectivity index (χ4n) is 3.52. The molecular weight excluding hydrogens is 318 g/mol. The van der Waals surface area contributed by atoms with Crippen molar-refractivity contribution in [1.82, 2.24) is 5.32 Å². The number of unbranched alkanes of at least 4 members (excludes halogenated alkanes) is 17. The van der Waals surface area contributed by atoms with Crippen LogP contribution in [0.4, 0.5) is 0 Å². The van der Waals surface area contributed by atoms with E-state index in [1.165, 1.54) is 109 Å². The third kappa shape index (κ3) is 21.5. The minimum Gasteiger partial charge on any atom is -0.356 e. The first-order valence-corrected chi connectivity index (χ1v) is 12.1. The molecule has 0 aliphatic carbocycles. The van der Waals surface area contributed by atoms with Crippen LogP contribution in [-0.4, -0.2) is 12.5 Å². The molecule has 0 aliphatic rings. The lowest BCUT2D eigenvalue weighted by atomic mass is 10.0. The highest BCUT2D eigenvalue weighted by atomic mass is 16.1. The fourth-order valence-corrected chi connectivity index (χ4v) is 3.52. The van der Waals surface area contributed by atoms with Crippen molar-refractivity contribution in [2.24, 2.45) is 0 Å². The lowest BCUT2D eigenvalue weighted by Crippen LogP contribution is -2.23. The molecule has 1 amide bonds. The van der Waals surface area contributed by atoms with Crippen LogP contribution in [0.3, 0.4) is 0 Å². The Morgan fingerprint density at radius 3 is 1.27 bits per heavy atom. The van der Waals surface area contributed by atoms with E-state index in [4.69, 9.17) is 0 Å². The van der Waals surface area contributed by atoms with Gasteiger partial charge in [-0.15, -0.1) is 0 Å². The molecule has 2 heteroatoms. The molecule has 0 aromatic carbocycles. The Balaban J connectivity index is 3.06. The molecule has 0 radical (unpaired) electrons. The van der Waals surface area contributed by atoms with Crippen molar-refractivity contribution in [2.45, 2.75) is 142 Å². The zero-order valence-electron chi connectivity index (χ0n) is 18.3. The molecule has 0 saturated heterocycles. The summed E-state index contributed by atoms with van der Waals surface area (Å²) in [4.78, 5) is 11.6. The first-order chi connectivity index (χ1) is 12.8. The molecule has 26 heavy (non-hydrogen) atoms. The Hall–Kier alpha value is -0.530. The molecule has 0 saturated carbocycles. The van der Waals surface area contributed by atoms with E-state index < -0.39 is 0 Å². The summed E-state index contributed by atoms with van der Waals surface area (Å²) in [6.07, 6.45) is 26.5. The predicted octanol–water partition coefficient (Wildman–Crippen LogP) is 7.94. The zero-order valence-corrected chi connectivity index (χ0v) is 18.3. The molecule has 156 valence electrons. The van der Waals surface area contributed by atoms with E-state index in [1.54, 1.807) is 0 Å². The SMILES string of the molecule is CCCCCCCCCCCCCCCCCCNC(=O)CCCCC. The van der Waals surface area contributed by atoms with Crippen LogP contribution >= 0.6 is 0 Å². The second-order valence-electron chi connectivity index (χ2n) is 8.11. The van der Waals surface area contributed by atoms with Gasteiger partial charge < -0.3 is 5.32 Å². The van der Waals surface area contributed by atoms with Gasteiger partial charge in [0.05, 0.1) is 0 Å². The molecule has 0 aromatic rings. The third-order valence-electron chi connectivity index (χ3n) is 5.36. The van der Waals surface area contributed by atoms with Crippen molar-refractivity contribution in [1.29, 1.82) is 0 Å². The van der Waals surface area contributed by atoms with Gasteiger partial charge in [0.25, 0.3) is 0 Å². The molecule has 0 rings (SSSR count). The van der Waals surface area contributed by atoms with Crippen LogP contribution in [0.15, 0.2) is 0 Å². The fraction of sp³-hybridized carbons (Fsp3) is 0.958. The van der Waals surface area contributed by atoms with E-state index in [9.17, 15) is 4.79 Å². The van der Waals surface area contributed by atoms with Gasteiger partial charge in [0.15, 0.2) is 0 Å². The van der Waals surface area contributed by atoms with E-state index >= 15 is 0 Å². The molecule has 0 aliphatic heterocycles. The van der Waals surface area contributed by atoms with Gasteiger partial charge in [0.1, 0.15) is 0 Å². The maximum atomic E-state index is 11.6. The number of rotatable bonds is 21. The number of carbonyl (C=O) groups is 1. The van der Waals surface area contributed by atoms with Crippen LogP contribution < -0.4 is 5.32 Å². The second kappa shape index (κ2) is 22.5. The van der Waals surface area contributed by atoms with Gasteiger partial charge in [-0.3, -0.25) is 4.79 Å². The van der Waals surface area contributed by atoms with Gasteiger partial charge in [-0.25, -0.2) is 0 Å². The standard InChI is InChI=1S/C24H49NO/c1-3-5-7-8-9-10-11-12-13-14-15-16-17-18-19-21-23-25-24(26)22-20-6-4-2/h3-23H2,1-2H3,(H,25,26). The van der Waals surface area contributed by atoms with E-state index in [0.717, 1.165) is 19.4 Å². The van der Waals surface area contributed by atoms with Crippen molar-refractivity contribution in [3.8, 4) is 0 Å². The van der Waals surface area contributed by atoms with Crippen LogP contribution in [0.5, 0.6) is 0 Å². The Kier molecular flexibility index (Phi) is 22.1. The smallest absolute Gasteiger partial charge is 0.219 e. The number of hydrogen-bond donors (Lipinski definition) is 1. The summed E-state index contributed by atoms with van der Waals surface area (Å²) in [5, 5.41) is 3.05. The van der Waals surface area contributed by atoms with Crippen LogP contribution in [0, 0.1) is 0 Å². The van der Waals surface area contributed by atoms with Crippen molar-refractivity contribution >= 4 is 5.91 Å². The Morgan fingerprint density at radius 2 is 0.846 bits per heavy atom. The van der Waals surface area contributed by atoms with Crippen molar-refractivity contribution in [3.63, 3.8) is 0 Å². The van der Waals surface area contributed by atoms with Crippen molar-refractivity contribution < 1.29 is 4.79 Å². The van der Waals surface area contributed by atoms with E-state index in [2.05, 4.69) is 19.2 Å². The number of hydrogen-bond acceptors (Lipinski definition) is 1. The summed E-state index contributed by atoms with van der Waals surface area (Å²) in [6.45, 7) is 5.34. The molecular formula is C24H49NO. The Bertz CT molecular complexity index is 277. The quantitative estimate of drug-likeness (QED) is 0.205. The topological polar surface area (TPSA) is 29.1 Å². The van der Waals surface area contributed by atoms with Crippen molar-refractivity contribution in [3.05, 3.63) is 0 Å². The van der Waals surface area contributed by atoms with Gasteiger partial charge >= 0.3 is 0 Å². The van der Waals surface area contributed by atoms with Gasteiger partial charge in [-0.05, 0) is 12.8 Å². The van der Waals surface area contributed by atoms with Crippen molar-refractivity contribution in [2.75, 3.05) is 6.54 Å². The van der Waals surface area contributed by atoms with E-state index in [-0.39, 0.29) is 5.91 Å². The number of nitrogens with one attached hydrogen (secondary N) is 1. The summed E-state index contributed by atoms with van der Waals surface area (Å²) in [5.41, 5.74) is 0. The molecule has 0 fully saturated rings. The average Bonchev–Trinajstić information content (AvgIpc) is 2.64. The zero-order chi connectivity index (χ0) is 19.1. The molecule has 0 unspecified atom stereocenters. The lowest BCUT2D eigenvalue weighted by Gasteiger charge is -2.05. The first kappa shape index (κ1) is 25.5. The van der Waals surface area contributed by atoms with Crippen LogP contribution in [0.2, 0.25) is 0 Å². The van der Waals surface area contributed by atoms with Gasteiger partial charge in [-0.2, -0.15) is 0 Å². The molecule has 0 atom stereocenters. The van der Waals surface area contributed by atoms with Gasteiger partial charge in [-0.1, -0.05) is 123 Å². The minimum absolute atomic E-state index is 0.249. The maximum absolute atomic E-state index is 11.6. The average molecular weight is 368 g/mol. The van der Waals surface area contributed by atoms with Crippen LogP contribution in [0.1, 0.15) is 142 Å². The molecule has 0 aromatic heterocycles. The maximum Gasteiger partial charge on any atom is 0.219 e. The van der Waals surface area contributed by atoms with E-state index in [1.807, 2.05) is 0 Å². The molecule has 0 heterocycles.